The minimum atomic E-state index is -0.479. The summed E-state index contributed by atoms with van der Waals surface area (Å²) >= 11 is 0. The Morgan fingerprint density at radius 1 is 1.18 bits per heavy atom. The minimum absolute atomic E-state index is 0.134. The van der Waals surface area contributed by atoms with Crippen molar-refractivity contribution in [3.63, 3.8) is 0 Å². The molecular weight excluding hydrogens is 436 g/mol. The number of carbonyl (C=O) groups is 3. The number of nitrogens with zero attached hydrogens (tertiary/aromatic N) is 2. The lowest BCUT2D eigenvalue weighted by Crippen LogP contribution is -2.28. The van der Waals surface area contributed by atoms with E-state index in [1.807, 2.05) is 13.0 Å². The van der Waals surface area contributed by atoms with Crippen LogP contribution in [0.1, 0.15) is 38.3 Å². The van der Waals surface area contributed by atoms with Gasteiger partial charge in [0.25, 0.3) is 11.8 Å². The number of allylic oxidation sites excluding steroid dienone is 3. The predicted octanol–water partition coefficient (Wildman–Crippen LogP) is 3.29. The van der Waals surface area contributed by atoms with E-state index in [9.17, 15) is 14.4 Å². The molecule has 2 fully saturated rings. The third-order valence-electron chi connectivity index (χ3n) is 6.29. The van der Waals surface area contributed by atoms with E-state index >= 15 is 0 Å². The normalized spacial score (nSPS) is 24.9. The number of carbonyl (C=O) groups excluding carboxylic acids is 3. The molecule has 1 heterocycles. The number of imide groups is 1. The molecule has 1 aromatic rings. The zero-order valence-electron chi connectivity index (χ0n) is 19.7. The summed E-state index contributed by atoms with van der Waals surface area (Å²) in [5.74, 6) is -0.418. The van der Waals surface area contributed by atoms with Gasteiger partial charge < -0.3 is 14.2 Å². The fourth-order valence-electron chi connectivity index (χ4n) is 5.04. The number of hydrogen-bond acceptors (Lipinski definition) is 7. The Kier molecular flexibility index (Phi) is 6.86. The molecule has 8 heteroatoms. The molecule has 1 aromatic carbocycles. The van der Waals surface area contributed by atoms with E-state index in [4.69, 9.17) is 14.2 Å². The number of amides is 2. The van der Waals surface area contributed by atoms with Crippen molar-refractivity contribution in [2.24, 2.45) is 28.8 Å². The van der Waals surface area contributed by atoms with Crippen LogP contribution >= 0.6 is 0 Å². The highest BCUT2D eigenvalue weighted by Crippen LogP contribution is 2.52. The number of hydrazone groups is 1. The first-order valence-electron chi connectivity index (χ1n) is 11.7. The zero-order valence-corrected chi connectivity index (χ0v) is 19.7. The molecule has 8 nitrogen and oxygen atoms in total. The van der Waals surface area contributed by atoms with Crippen LogP contribution in [0.15, 0.2) is 42.0 Å². The van der Waals surface area contributed by atoms with E-state index in [2.05, 4.69) is 23.8 Å². The molecular formula is C26H30N2O6. The highest BCUT2D eigenvalue weighted by Gasteiger charge is 2.59. The molecule has 4 rings (SSSR count). The van der Waals surface area contributed by atoms with E-state index in [-0.39, 0.29) is 48.2 Å². The van der Waals surface area contributed by atoms with Gasteiger partial charge >= 0.3 is 5.97 Å². The second-order valence-electron chi connectivity index (χ2n) is 8.99. The fourth-order valence-corrected chi connectivity index (χ4v) is 5.04. The van der Waals surface area contributed by atoms with Gasteiger partial charge in [0.1, 0.15) is 0 Å². The van der Waals surface area contributed by atoms with Gasteiger partial charge in [0, 0.05) is 5.56 Å². The molecule has 2 amide bonds. The van der Waals surface area contributed by atoms with Gasteiger partial charge in [-0.05, 0) is 63.1 Å². The first kappa shape index (κ1) is 23.7. The van der Waals surface area contributed by atoms with E-state index in [0.29, 0.717) is 30.1 Å². The molecule has 0 unspecified atom stereocenters. The molecule has 34 heavy (non-hydrogen) atoms. The van der Waals surface area contributed by atoms with Gasteiger partial charge in [-0.1, -0.05) is 18.2 Å². The summed E-state index contributed by atoms with van der Waals surface area (Å²) in [7, 11) is 0. The van der Waals surface area contributed by atoms with Gasteiger partial charge in [-0.15, -0.1) is 6.58 Å². The average molecular weight is 467 g/mol. The Labute approximate surface area is 199 Å². The minimum Gasteiger partial charge on any atom is -0.490 e. The Hall–Kier alpha value is -3.42. The topological polar surface area (TPSA) is 94.5 Å². The van der Waals surface area contributed by atoms with Crippen molar-refractivity contribution in [1.82, 2.24) is 5.01 Å². The van der Waals surface area contributed by atoms with Crippen molar-refractivity contribution in [3.8, 4) is 11.5 Å². The highest BCUT2D eigenvalue weighted by molar-refractivity contribution is 6.06. The number of ether oxygens (including phenoxy) is 3. The molecule has 2 aliphatic carbocycles. The molecule has 0 N–H and O–H groups in total. The Morgan fingerprint density at radius 2 is 1.85 bits per heavy atom. The van der Waals surface area contributed by atoms with Crippen LogP contribution in [-0.4, -0.2) is 48.3 Å². The first-order valence-corrected chi connectivity index (χ1v) is 11.7. The quantitative estimate of drug-likeness (QED) is 0.227. The van der Waals surface area contributed by atoms with Crippen molar-refractivity contribution in [1.29, 1.82) is 0 Å². The van der Waals surface area contributed by atoms with Gasteiger partial charge in [-0.25, -0.2) is 4.79 Å². The number of fused-ring (bicyclic) bond motifs is 5. The highest BCUT2D eigenvalue weighted by atomic mass is 16.6. The molecule has 1 aliphatic heterocycles. The Bertz CT molecular complexity index is 1030. The fraction of sp³-hybridized carbons (Fsp3) is 0.462. The molecule has 1 saturated carbocycles. The molecule has 4 atom stereocenters. The van der Waals surface area contributed by atoms with Crippen LogP contribution in [0, 0.1) is 23.7 Å². The van der Waals surface area contributed by atoms with Crippen molar-refractivity contribution in [3.05, 3.63) is 48.1 Å². The Morgan fingerprint density at radius 3 is 2.44 bits per heavy atom. The molecule has 0 aromatic heterocycles. The maximum atomic E-state index is 12.9. The van der Waals surface area contributed by atoms with Crippen LogP contribution in [0.4, 0.5) is 0 Å². The average Bonchev–Trinajstić information content (AvgIpc) is 3.46. The monoisotopic (exact) mass is 466 g/mol. The summed E-state index contributed by atoms with van der Waals surface area (Å²) in [5, 5.41) is 5.27. The van der Waals surface area contributed by atoms with Crippen LogP contribution in [0.2, 0.25) is 0 Å². The SMILES string of the molecule is C=CCc1cc(C=NN2C(=O)[C@@H]3[C@H](C2=O)[C@H]2C=C[C@H]3C2)cc(OCC)c1OCC(=O)OC(C)C. The van der Waals surface area contributed by atoms with Crippen molar-refractivity contribution >= 4 is 24.0 Å². The second kappa shape index (κ2) is 9.83. The lowest BCUT2D eigenvalue weighted by Gasteiger charge is -2.17. The van der Waals surface area contributed by atoms with Crippen molar-refractivity contribution in [2.45, 2.75) is 39.7 Å². The summed E-state index contributed by atoms with van der Waals surface area (Å²) in [6.07, 6.45) is 8.39. The van der Waals surface area contributed by atoms with Gasteiger partial charge in [0.2, 0.25) is 0 Å². The van der Waals surface area contributed by atoms with Gasteiger partial charge in [-0.2, -0.15) is 10.1 Å². The van der Waals surface area contributed by atoms with Gasteiger partial charge in [-0.3, -0.25) is 9.59 Å². The molecule has 1 saturated heterocycles. The van der Waals surface area contributed by atoms with Crippen LogP contribution in [0.3, 0.4) is 0 Å². The zero-order chi connectivity index (χ0) is 24.4. The molecule has 3 aliphatic rings. The summed E-state index contributed by atoms with van der Waals surface area (Å²) in [6.45, 7) is 9.29. The summed E-state index contributed by atoms with van der Waals surface area (Å²) in [6, 6.07) is 3.52. The number of benzene rings is 1. The standard InChI is InChI=1S/C26H30N2O6/c1-5-7-19-10-16(11-20(32-6-2)24(19)33-14-21(29)34-15(3)4)13-27-28-25(30)22-17-8-9-18(12-17)23(22)26(28)31/h5,8-11,13,15,17-18,22-23H,1,6-7,12,14H2,2-4H3/t17-,18-,22-,23+/m0/s1. The van der Waals surface area contributed by atoms with Crippen LogP contribution in [0.25, 0.3) is 0 Å². The molecule has 180 valence electrons. The van der Waals surface area contributed by atoms with Crippen molar-refractivity contribution in [2.75, 3.05) is 13.2 Å². The van der Waals surface area contributed by atoms with Crippen LogP contribution in [-0.2, 0) is 25.5 Å². The van der Waals surface area contributed by atoms with E-state index in [0.717, 1.165) is 17.0 Å². The third kappa shape index (κ3) is 4.49. The lowest BCUT2D eigenvalue weighted by atomic mass is 9.85. The first-order chi connectivity index (χ1) is 16.3. The van der Waals surface area contributed by atoms with Crippen LogP contribution < -0.4 is 9.47 Å². The number of hydrogen-bond donors (Lipinski definition) is 0. The summed E-state index contributed by atoms with van der Waals surface area (Å²) in [5.41, 5.74) is 1.37. The van der Waals surface area contributed by atoms with Crippen molar-refractivity contribution < 1.29 is 28.6 Å². The lowest BCUT2D eigenvalue weighted by molar-refractivity contribution is -0.149. The number of rotatable bonds is 10. The maximum Gasteiger partial charge on any atom is 0.344 e. The van der Waals surface area contributed by atoms with E-state index < -0.39 is 5.97 Å². The maximum absolute atomic E-state index is 12.9. The molecule has 0 spiro atoms. The van der Waals surface area contributed by atoms with Gasteiger partial charge in [0.05, 0.1) is 30.8 Å². The van der Waals surface area contributed by atoms with Crippen LogP contribution in [0.5, 0.6) is 11.5 Å². The summed E-state index contributed by atoms with van der Waals surface area (Å²) in [4.78, 5) is 37.7. The second-order valence-corrected chi connectivity index (χ2v) is 8.99. The summed E-state index contributed by atoms with van der Waals surface area (Å²) < 4.78 is 16.7. The number of esters is 1. The predicted molar refractivity (Wildman–Crippen MR) is 125 cm³/mol. The van der Waals surface area contributed by atoms with E-state index in [1.165, 1.54) is 6.21 Å². The third-order valence-corrected chi connectivity index (χ3v) is 6.29. The largest absolute Gasteiger partial charge is 0.490 e. The smallest absolute Gasteiger partial charge is 0.344 e. The van der Waals surface area contributed by atoms with Gasteiger partial charge in [0.15, 0.2) is 18.1 Å². The molecule has 0 radical (unpaired) electrons. The molecule has 2 bridgehead atoms. The van der Waals surface area contributed by atoms with E-state index in [1.54, 1.807) is 26.0 Å². The Balaban J connectivity index is 1.56.